The first-order valence-electron chi connectivity index (χ1n) is 27.1. The Morgan fingerprint density at radius 1 is 0.793 bits per heavy atom. The van der Waals surface area contributed by atoms with Crippen molar-refractivity contribution in [2.75, 3.05) is 46.8 Å². The molecule has 0 radical (unpaired) electrons. The number of hydrogen-bond acceptors (Lipinski definition) is 21. The van der Waals surface area contributed by atoms with Crippen LogP contribution >= 0.6 is 0 Å². The second kappa shape index (κ2) is 27.3. The third-order valence-electron chi connectivity index (χ3n) is 15.8. The highest BCUT2D eigenvalue weighted by Gasteiger charge is 2.79. The maximum absolute atomic E-state index is 16.2. The Bertz CT molecular complexity index is 2730. The van der Waals surface area contributed by atoms with Crippen LogP contribution in [0, 0.1) is 16.7 Å². The molecule has 24 nitrogen and oxygen atoms in total. The molecule has 2 bridgehead atoms. The minimum atomic E-state index is -2.58. The molecule has 4 aliphatic rings. The van der Waals surface area contributed by atoms with Gasteiger partial charge in [-0.3, -0.25) is 38.4 Å². The van der Waals surface area contributed by atoms with Crippen LogP contribution < -0.4 is 10.6 Å². The smallest absolute Gasteiger partial charge is 0.350 e. The summed E-state index contributed by atoms with van der Waals surface area (Å²) in [5, 5.41) is 28.9. The van der Waals surface area contributed by atoms with Gasteiger partial charge in [-0.25, -0.2) is 9.59 Å². The molecule has 1 saturated heterocycles. The lowest BCUT2D eigenvalue weighted by atomic mass is 9.44. The molecule has 1 heterocycles. The lowest BCUT2D eigenvalue weighted by molar-refractivity contribution is -0.346. The van der Waals surface area contributed by atoms with Gasteiger partial charge in [-0.2, -0.15) is 0 Å². The highest BCUT2D eigenvalue weighted by Crippen LogP contribution is 2.65. The fourth-order valence-electron chi connectivity index (χ4n) is 11.6. The molecule has 2 saturated carbocycles. The van der Waals surface area contributed by atoms with Crippen molar-refractivity contribution in [1.29, 1.82) is 0 Å². The third-order valence-corrected chi connectivity index (χ3v) is 15.8. The summed E-state index contributed by atoms with van der Waals surface area (Å²) in [5.41, 5.74) is -8.42. The zero-order valence-electron chi connectivity index (χ0n) is 47.5. The molecule has 24 heteroatoms. The molecule has 4 N–H and O–H groups in total. The van der Waals surface area contributed by atoms with Gasteiger partial charge in [0.15, 0.2) is 17.5 Å². The Labute approximate surface area is 474 Å². The molecule has 12 atom stereocenters. The molecule has 448 valence electrons. The van der Waals surface area contributed by atoms with E-state index in [0.29, 0.717) is 6.61 Å². The molecule has 6 rings (SSSR count). The normalized spacial score (nSPS) is 27.1. The molecule has 0 unspecified atom stereocenters. The van der Waals surface area contributed by atoms with E-state index in [9.17, 15) is 48.6 Å². The number of carbonyl (C=O) groups is 10. The number of amides is 2. The molecule has 82 heavy (non-hydrogen) atoms. The number of esters is 6. The summed E-state index contributed by atoms with van der Waals surface area (Å²) in [5.74, 6) is -11.7. The van der Waals surface area contributed by atoms with Crippen molar-refractivity contribution in [1.82, 2.24) is 10.6 Å². The highest BCUT2D eigenvalue weighted by atomic mass is 16.6. The van der Waals surface area contributed by atoms with Crippen LogP contribution in [-0.2, 0) is 90.5 Å². The van der Waals surface area contributed by atoms with E-state index in [-0.39, 0.29) is 61.4 Å². The predicted molar refractivity (Wildman–Crippen MR) is 283 cm³/mol. The summed E-state index contributed by atoms with van der Waals surface area (Å²) in [6.45, 7) is 10.7. The Morgan fingerprint density at radius 3 is 2.01 bits per heavy atom. The van der Waals surface area contributed by atoms with Crippen LogP contribution in [0.1, 0.15) is 116 Å². The van der Waals surface area contributed by atoms with Gasteiger partial charge in [-0.05, 0) is 49.1 Å². The van der Waals surface area contributed by atoms with Crippen LogP contribution in [0.2, 0.25) is 0 Å². The summed E-state index contributed by atoms with van der Waals surface area (Å²) in [6, 6.07) is 12.1. The maximum Gasteiger partial charge on any atom is 0.350 e. The number of fused-ring (bicyclic) bond motifs is 5. The van der Waals surface area contributed by atoms with Crippen molar-refractivity contribution in [3.8, 4) is 0 Å². The van der Waals surface area contributed by atoms with Gasteiger partial charge in [0, 0.05) is 58.5 Å². The Balaban J connectivity index is 1.51. The fraction of sp³-hybridized carbons (Fsp3) is 0.586. The number of methoxy groups -OCH3 is 1. The van der Waals surface area contributed by atoms with E-state index in [1.165, 1.54) is 72.9 Å². The van der Waals surface area contributed by atoms with Crippen LogP contribution in [0.4, 0.5) is 0 Å². The summed E-state index contributed by atoms with van der Waals surface area (Å²) in [4.78, 5) is 139. The third kappa shape index (κ3) is 13.7. The quantitative estimate of drug-likeness (QED) is 0.0454. The number of carboxylic acids is 1. The number of carboxylic acid groups (broad SMARTS) is 1. The zero-order valence-corrected chi connectivity index (χ0v) is 47.5. The molecule has 2 aromatic rings. The fourth-order valence-corrected chi connectivity index (χ4v) is 11.6. The number of nitrogens with one attached hydrogen (secondary N) is 2. The number of benzene rings is 2. The number of aliphatic carboxylic acids is 1. The summed E-state index contributed by atoms with van der Waals surface area (Å²) in [6.07, 6.45) is -12.8. The van der Waals surface area contributed by atoms with Gasteiger partial charge >= 0.3 is 41.8 Å². The number of ketones is 1. The van der Waals surface area contributed by atoms with Gasteiger partial charge in [-0.15, -0.1) is 0 Å². The van der Waals surface area contributed by atoms with E-state index in [0.717, 1.165) is 13.8 Å². The number of carbonyl (C=O) groups excluding carboxylic acids is 9. The first kappa shape index (κ1) is 64.1. The number of hydrogen-bond donors (Lipinski definition) is 4. The summed E-state index contributed by atoms with van der Waals surface area (Å²) in [7, 11) is 1.50. The lowest BCUT2D eigenvalue weighted by Crippen LogP contribution is -2.82. The zero-order chi connectivity index (χ0) is 60.3. The topological polar surface area (TPSA) is 328 Å². The van der Waals surface area contributed by atoms with Crippen molar-refractivity contribution in [2.24, 2.45) is 16.7 Å². The molecule has 2 amide bonds. The largest absolute Gasteiger partial charge is 0.481 e. The Hall–Kier alpha value is -7.12. The van der Waals surface area contributed by atoms with Gasteiger partial charge in [-0.1, -0.05) is 76.2 Å². The second-order valence-corrected chi connectivity index (χ2v) is 21.4. The van der Waals surface area contributed by atoms with E-state index in [1.807, 2.05) is 0 Å². The Kier molecular flexibility index (Phi) is 21.3. The van der Waals surface area contributed by atoms with Crippen LogP contribution in [0.25, 0.3) is 0 Å². The molecular weight excluding hydrogens is 1080 g/mol. The molecule has 3 aliphatic carbocycles. The van der Waals surface area contributed by atoms with Gasteiger partial charge in [0.05, 0.1) is 49.9 Å². The van der Waals surface area contributed by atoms with E-state index in [2.05, 4.69) is 10.6 Å². The van der Waals surface area contributed by atoms with Crippen molar-refractivity contribution >= 4 is 59.4 Å². The number of aliphatic hydroxyl groups is 1. The van der Waals surface area contributed by atoms with Crippen LogP contribution in [-0.4, -0.2) is 170 Å². The first-order chi connectivity index (χ1) is 38.8. The summed E-state index contributed by atoms with van der Waals surface area (Å²) >= 11 is 0. The molecule has 1 aliphatic heterocycles. The van der Waals surface area contributed by atoms with E-state index < -0.39 is 169 Å². The van der Waals surface area contributed by atoms with Gasteiger partial charge in [0.2, 0.25) is 17.9 Å². The molecular formula is C58H74N2O22. The van der Waals surface area contributed by atoms with Crippen molar-refractivity contribution in [2.45, 2.75) is 154 Å². The van der Waals surface area contributed by atoms with Crippen molar-refractivity contribution < 1.29 is 106 Å². The molecule has 2 aromatic carbocycles. The van der Waals surface area contributed by atoms with Crippen molar-refractivity contribution in [3.05, 3.63) is 82.9 Å². The van der Waals surface area contributed by atoms with Gasteiger partial charge in [0.1, 0.15) is 48.7 Å². The molecule has 0 aromatic heterocycles. The van der Waals surface area contributed by atoms with Crippen molar-refractivity contribution in [3.63, 3.8) is 0 Å². The predicted octanol–water partition coefficient (Wildman–Crippen LogP) is 3.37. The standard InChI is InChI=1S/C58H74N2O22/c1-10-43(66)79-39-28-40-57(31-76-40,82-34(5)62)49-51(81-53(70)36-20-16-13-17-21-36)58(72)29-38(32(3)45(55(58,6)7)47(77-33(4)61)50(68)56(39,49)8)78-54(71)48(80-44(67)11-2)46(35-18-14-12-15-19-35)60-52(69)37(22-23-42(64)65)59-41(63)30-75-27-26-74-25-24-73-9/h12-21,37-40,46-49,51,72H,10-11,22-31H2,1-9H3,(H,59,63)(H,60,69)(H,64,65)/t37-,38+,39+,40-,46+,47-,48-,49+,51+,56-,57+,58-/m1/s1. The molecule has 0 spiro atoms. The van der Waals surface area contributed by atoms with E-state index >= 15 is 9.59 Å². The van der Waals surface area contributed by atoms with E-state index in [4.69, 9.17) is 47.4 Å². The highest BCUT2D eigenvalue weighted by molar-refractivity contribution is 5.96. The Morgan fingerprint density at radius 2 is 1.43 bits per heavy atom. The van der Waals surface area contributed by atoms with E-state index in [1.54, 1.807) is 36.4 Å². The number of ether oxygens (including phenoxy) is 10. The first-order valence-corrected chi connectivity index (χ1v) is 27.1. The minimum Gasteiger partial charge on any atom is -0.481 e. The average molecular weight is 1150 g/mol. The van der Waals surface area contributed by atoms with Crippen LogP contribution in [0.5, 0.6) is 0 Å². The maximum atomic E-state index is 16.2. The van der Waals surface area contributed by atoms with Crippen LogP contribution in [0.15, 0.2) is 71.8 Å². The summed E-state index contributed by atoms with van der Waals surface area (Å²) < 4.78 is 58.7. The number of Topliss-reactive ketones (excluding diaryl/α,β-unsaturated/α-hetero) is 1. The second-order valence-electron chi connectivity index (χ2n) is 21.4. The SMILES string of the molecule is CCC(=O)O[C@H]1C[C@H]2OC[C@@]2(OC(C)=O)[C@H]2[C@H](OC(=O)c3ccccc3)[C@]3(O)C[C@H](OC(=O)[C@H](OC(=O)CC)[C@@H](NC(=O)[C@@H](CCC(=O)O)NC(=O)COCCOCCOC)c4ccccc4)C(C)=C([C@@H](OC(C)=O)C(=O)[C@]12C)C3(C)C. The minimum absolute atomic E-state index is 0.0116. The number of rotatable bonds is 26. The van der Waals surface area contributed by atoms with Gasteiger partial charge in [0.25, 0.3) is 0 Å². The average Bonchev–Trinajstić information content (AvgIpc) is 0.784. The lowest BCUT2D eigenvalue weighted by Gasteiger charge is -2.67. The monoisotopic (exact) mass is 1150 g/mol. The van der Waals surface area contributed by atoms with Crippen LogP contribution in [0.3, 0.4) is 0 Å². The van der Waals surface area contributed by atoms with Gasteiger partial charge < -0.3 is 68.2 Å². The molecule has 3 fully saturated rings.